The molecular weight excluding hydrogens is 1810 g/mol. The first-order valence-electron chi connectivity index (χ1n) is 40.0. The van der Waals surface area contributed by atoms with E-state index in [-0.39, 0.29) is 56.8 Å². The number of hydrogen-bond acceptors (Lipinski definition) is 16. The minimum atomic E-state index is -0.484. The number of ether oxygens (including phenoxy) is 5. The number of amidine groups is 5. The molecule has 22 nitrogen and oxygen atoms in total. The molecule has 2 fully saturated rings. The summed E-state index contributed by atoms with van der Waals surface area (Å²) in [5.74, 6) is 7.59. The zero-order valence-electron chi connectivity index (χ0n) is 72.1. The highest BCUT2D eigenvalue weighted by molar-refractivity contribution is 9.11. The molecule has 16 N–H and O–H groups in total. The summed E-state index contributed by atoms with van der Waals surface area (Å²) in [6.07, 6.45) is 4.76. The summed E-state index contributed by atoms with van der Waals surface area (Å²) in [5, 5.41) is 15.9. The van der Waals surface area contributed by atoms with E-state index in [0.29, 0.717) is 122 Å². The Morgan fingerprint density at radius 3 is 1.30 bits per heavy atom. The number of unbranched alkanes of at least 4 members (excludes halogenated alkanes) is 1. The molecule has 678 valence electrons. The van der Waals surface area contributed by atoms with E-state index < -0.39 is 33.4 Å². The van der Waals surface area contributed by atoms with Crippen LogP contribution in [0.3, 0.4) is 0 Å². The van der Waals surface area contributed by atoms with Gasteiger partial charge in [0.15, 0.2) is 5.95 Å². The van der Waals surface area contributed by atoms with E-state index in [0.717, 1.165) is 106 Å². The van der Waals surface area contributed by atoms with Crippen LogP contribution in [0.4, 0.5) is 41.1 Å². The highest BCUT2D eigenvalue weighted by Gasteiger charge is 2.20. The van der Waals surface area contributed by atoms with E-state index in [4.69, 9.17) is 52.4 Å². The summed E-state index contributed by atoms with van der Waals surface area (Å²) in [7, 11) is 0. The molecule has 0 bridgehead atoms. The van der Waals surface area contributed by atoms with Crippen LogP contribution in [0.15, 0.2) is 233 Å². The summed E-state index contributed by atoms with van der Waals surface area (Å²) in [6.45, 7) is 25.6. The maximum Gasteiger partial charge on any atom is 0.200 e. The Labute approximate surface area is 754 Å². The van der Waals surface area contributed by atoms with E-state index in [2.05, 4.69) is 122 Å². The molecule has 125 heavy (non-hydrogen) atoms. The minimum absolute atomic E-state index is 0.0813. The predicted octanol–water partition coefficient (Wildman–Crippen LogP) is 19.2. The molecule has 0 aliphatic carbocycles. The number of imidazole rings is 1. The monoisotopic (exact) mass is 1930 g/mol. The maximum absolute atomic E-state index is 12.8. The second kappa shape index (κ2) is 61.2. The molecule has 11 rings (SSSR count). The number of nitrogens with two attached hydrogens (primary N) is 5. The molecule has 2 aliphatic rings. The second-order valence-corrected chi connectivity index (χ2v) is 30.5. The summed E-state index contributed by atoms with van der Waals surface area (Å²) >= 11 is 10.2. The molecule has 2 saturated heterocycles. The van der Waals surface area contributed by atoms with Gasteiger partial charge in [0.2, 0.25) is 0 Å². The van der Waals surface area contributed by atoms with Crippen molar-refractivity contribution < 1.29 is 58.8 Å². The highest BCUT2D eigenvalue weighted by Crippen LogP contribution is 2.31. The van der Waals surface area contributed by atoms with Crippen LogP contribution in [0.5, 0.6) is 23.0 Å². The lowest BCUT2D eigenvalue weighted by Gasteiger charge is -2.12. The van der Waals surface area contributed by atoms with Gasteiger partial charge in [0.05, 0.1) is 103 Å². The zero-order chi connectivity index (χ0) is 91.9. The van der Waals surface area contributed by atoms with Crippen molar-refractivity contribution in [3.63, 3.8) is 0 Å². The number of aryl methyl sites for hydroxylation is 3. The summed E-state index contributed by atoms with van der Waals surface area (Å²) in [6, 6.07) is 48.6. The van der Waals surface area contributed by atoms with Crippen LogP contribution in [0.2, 0.25) is 0 Å². The number of alkyl halides is 6. The van der Waals surface area contributed by atoms with Crippen molar-refractivity contribution in [3.8, 4) is 23.0 Å². The first-order valence-corrected chi connectivity index (χ1v) is 42.4. The SMILES string of the molecule is C=C1NCC(c2ccc(OCCF)c(Br)c2)N1.C=C1NCC(c2ccc(OCCF)cc2)N1.CC(N)=NCc1ccc(CF)c(Br)c1.CC(N)=NCc1ccc(COCCCCF)c(Br)c1.CC(N)=NCc1ccc(F)c(C)c1.CC(N)=NCc1ccc(F)c(C)c1.CC(N)=NCc1ccc(OCCF)c(C)c1.FCCOc1cccc(CNc2ncc[nH]2)c1. The number of aromatic nitrogens is 2. The van der Waals surface area contributed by atoms with Crippen molar-refractivity contribution in [2.75, 3.05) is 84.8 Å². The minimum Gasteiger partial charge on any atom is -0.491 e. The summed E-state index contributed by atoms with van der Waals surface area (Å²) < 4.78 is 127. The van der Waals surface area contributed by atoms with E-state index >= 15 is 0 Å². The molecular formula is C92H118Br3F8N17O5. The molecule has 33 heteroatoms. The largest absolute Gasteiger partial charge is 0.491 e. The predicted molar refractivity (Wildman–Crippen MR) is 501 cm³/mol. The number of nitrogens with one attached hydrogen (secondary N) is 6. The number of rotatable bonds is 34. The van der Waals surface area contributed by atoms with Crippen molar-refractivity contribution in [1.29, 1.82) is 0 Å². The molecule has 0 saturated carbocycles. The average molecular weight is 1930 g/mol. The van der Waals surface area contributed by atoms with Gasteiger partial charge in [0, 0.05) is 47.6 Å². The number of aliphatic imine (C=N–C) groups is 5. The molecule has 2 aliphatic heterocycles. The number of hydrogen-bond donors (Lipinski definition) is 11. The Morgan fingerprint density at radius 2 is 0.880 bits per heavy atom. The van der Waals surface area contributed by atoms with Crippen LogP contribution >= 0.6 is 47.8 Å². The third kappa shape index (κ3) is 45.3. The topological polar surface area (TPSA) is 327 Å². The van der Waals surface area contributed by atoms with E-state index in [9.17, 15) is 35.1 Å². The normalized spacial score (nSPS) is 13.4. The van der Waals surface area contributed by atoms with Crippen LogP contribution in [0.25, 0.3) is 0 Å². The van der Waals surface area contributed by atoms with Crippen LogP contribution in [-0.4, -0.2) is 119 Å². The first kappa shape index (κ1) is 106. The fourth-order valence-corrected chi connectivity index (χ4v) is 12.4. The van der Waals surface area contributed by atoms with Crippen LogP contribution in [0.1, 0.15) is 132 Å². The summed E-state index contributed by atoms with van der Waals surface area (Å²) in [5.41, 5.74) is 39.6. The van der Waals surface area contributed by atoms with E-state index in [1.165, 1.54) is 17.7 Å². The van der Waals surface area contributed by atoms with Gasteiger partial charge < -0.3 is 83.9 Å². The Kier molecular flexibility index (Phi) is 52.0. The van der Waals surface area contributed by atoms with Gasteiger partial charge in [0.1, 0.15) is 94.4 Å². The lowest BCUT2D eigenvalue weighted by atomic mass is 10.1. The smallest absolute Gasteiger partial charge is 0.200 e. The van der Waals surface area contributed by atoms with Crippen LogP contribution < -0.4 is 74.2 Å². The Hall–Kier alpha value is -11.2. The summed E-state index contributed by atoms with van der Waals surface area (Å²) in [4.78, 5) is 27.4. The highest BCUT2D eigenvalue weighted by atomic mass is 79.9. The van der Waals surface area contributed by atoms with E-state index in [1.54, 1.807) is 91.2 Å². The van der Waals surface area contributed by atoms with Gasteiger partial charge in [-0.05, 0) is 223 Å². The molecule has 0 radical (unpaired) electrons. The molecule has 3 heterocycles. The fraction of sp³-hybridized carbons (Fsp3) is 0.348. The third-order valence-electron chi connectivity index (χ3n) is 17.1. The Morgan fingerprint density at radius 1 is 0.448 bits per heavy atom. The Balaban J connectivity index is 0.000000300. The number of anilines is 1. The van der Waals surface area contributed by atoms with Gasteiger partial charge in [-0.3, -0.25) is 29.4 Å². The third-order valence-corrected chi connectivity index (χ3v) is 19.2. The lowest BCUT2D eigenvalue weighted by Crippen LogP contribution is -2.13. The van der Waals surface area contributed by atoms with Crippen LogP contribution in [0, 0.1) is 32.4 Å². The Bertz CT molecular complexity index is 4750. The molecule has 0 amide bonds. The molecule has 9 aromatic rings. The second-order valence-electron chi connectivity index (χ2n) is 27.9. The van der Waals surface area contributed by atoms with Gasteiger partial charge >= 0.3 is 0 Å². The van der Waals surface area contributed by atoms with Crippen molar-refractivity contribution in [2.24, 2.45) is 53.6 Å². The first-order chi connectivity index (χ1) is 60.0. The van der Waals surface area contributed by atoms with Gasteiger partial charge in [-0.2, -0.15) is 0 Å². The lowest BCUT2D eigenvalue weighted by molar-refractivity contribution is 0.115. The number of nitrogens with zero attached hydrogens (tertiary/aromatic N) is 6. The maximum atomic E-state index is 12.8. The van der Waals surface area contributed by atoms with Crippen molar-refractivity contribution in [2.45, 2.75) is 133 Å². The number of benzene rings is 8. The zero-order valence-corrected chi connectivity index (χ0v) is 76.8. The number of aromatic amines is 1. The van der Waals surface area contributed by atoms with Gasteiger partial charge in [0.25, 0.3) is 0 Å². The molecule has 8 aromatic carbocycles. The molecule has 1 aromatic heterocycles. The van der Waals surface area contributed by atoms with Crippen LogP contribution in [-0.2, 0) is 57.3 Å². The fourth-order valence-electron chi connectivity index (χ4n) is 10.8. The van der Waals surface area contributed by atoms with Gasteiger partial charge in [-0.1, -0.05) is 136 Å². The number of halogens is 11. The van der Waals surface area contributed by atoms with E-state index in [1.807, 2.05) is 122 Å². The van der Waals surface area contributed by atoms with Crippen molar-refractivity contribution in [1.82, 2.24) is 31.2 Å². The standard InChI is InChI=1S/C14H20BrFN2O.C12H14BrFN2O.C12H14FN3O.C12H15FN2O.C12H17FN2O.C10H12BrFN2.2C10H13FN2/c1-11(17)18-9-12-4-5-13(14(15)8-12)10-19-7-3-2-6-16;1-8-15-7-11(16-8)9-2-3-12(10(13)6-9)17-5-4-14;13-4-7-17-11-3-1-2-10(8-11)9-16-12-14-5-6-15-12;1-9-14-8-12(15-9)10-2-4-11(5-3-10)16-7-6-13;1-9-7-11(8-15-10(2)14)3-4-12(9)16-6-5-13;1-7(13)14-6-8-2-3-9(5-12)10(11)4-8;2*1-7-5-9(3-4-10(7)11)6-13-8(2)12/h4-5,8H,2-3,6-7,9-10H2,1H3,(H2,17,18);2-3,6,11,15-16H,1,4-5,7H2;1-3,5-6,8H,4,7,9H2,(H2,14,15,16);2-5,12,14-15H,1,6-8H2;3-4,7H,5-6,8H2,1-2H3,(H2,14,15);2-4H,5-6H2,1H3,(H2,13,14);2*3-5H,6H2,1-2H3,(H2,12,13). The van der Waals surface area contributed by atoms with Crippen molar-refractivity contribution in [3.05, 3.63) is 292 Å². The van der Waals surface area contributed by atoms with Gasteiger partial charge in [-0.25, -0.2) is 35.7 Å². The average Bonchev–Trinajstić information content (AvgIpc) is 1.80. The number of H-pyrrole nitrogens is 1. The molecule has 2 atom stereocenters. The molecule has 2 unspecified atom stereocenters. The quantitative estimate of drug-likeness (QED) is 0.00773. The van der Waals surface area contributed by atoms with Crippen molar-refractivity contribution >= 4 is 82.9 Å². The molecule has 0 spiro atoms. The van der Waals surface area contributed by atoms with Gasteiger partial charge in [-0.15, -0.1) is 0 Å².